The maximum atomic E-state index is 12.4. The number of rotatable bonds is 4. The SMILES string of the molecule is CC(C(=O)N/C=C/c1ccccc1)N1C(=O)c2ccccc2C1=O. The van der Waals surface area contributed by atoms with Crippen LogP contribution in [0, 0.1) is 0 Å². The second-order valence-corrected chi connectivity index (χ2v) is 5.45. The molecule has 0 fully saturated rings. The lowest BCUT2D eigenvalue weighted by Gasteiger charge is -2.20. The van der Waals surface area contributed by atoms with Gasteiger partial charge >= 0.3 is 0 Å². The quantitative estimate of drug-likeness (QED) is 0.880. The Labute approximate surface area is 139 Å². The van der Waals surface area contributed by atoms with E-state index in [4.69, 9.17) is 0 Å². The fourth-order valence-corrected chi connectivity index (χ4v) is 2.58. The van der Waals surface area contributed by atoms with E-state index in [1.54, 1.807) is 30.3 Å². The molecular weight excluding hydrogens is 304 g/mol. The number of carbonyl (C=O) groups is 3. The smallest absolute Gasteiger partial charge is 0.262 e. The number of nitrogens with zero attached hydrogens (tertiary/aromatic N) is 1. The number of hydrogen-bond donors (Lipinski definition) is 1. The molecule has 0 radical (unpaired) electrons. The van der Waals surface area contributed by atoms with Crippen molar-refractivity contribution in [2.75, 3.05) is 0 Å². The first-order valence-electron chi connectivity index (χ1n) is 7.58. The molecule has 1 aliphatic rings. The molecular formula is C19H16N2O3. The van der Waals surface area contributed by atoms with Gasteiger partial charge in [-0.2, -0.15) is 0 Å². The van der Waals surface area contributed by atoms with Crippen LogP contribution in [0.1, 0.15) is 33.2 Å². The predicted octanol–water partition coefficient (Wildman–Crippen LogP) is 2.46. The van der Waals surface area contributed by atoms with E-state index < -0.39 is 23.8 Å². The van der Waals surface area contributed by atoms with E-state index >= 15 is 0 Å². The summed E-state index contributed by atoms with van der Waals surface area (Å²) in [6.07, 6.45) is 3.25. The van der Waals surface area contributed by atoms with Crippen LogP contribution in [-0.2, 0) is 4.79 Å². The Hall–Kier alpha value is -3.21. The van der Waals surface area contributed by atoms with Crippen LogP contribution in [0.3, 0.4) is 0 Å². The largest absolute Gasteiger partial charge is 0.331 e. The molecule has 1 aliphatic heterocycles. The van der Waals surface area contributed by atoms with E-state index in [-0.39, 0.29) is 0 Å². The van der Waals surface area contributed by atoms with E-state index in [9.17, 15) is 14.4 Å². The standard InChI is InChI=1S/C19H16N2O3/c1-13(17(22)20-12-11-14-7-3-2-4-8-14)21-18(23)15-9-5-6-10-16(15)19(21)24/h2-13H,1H3,(H,20,22)/b12-11+. The number of hydrogen-bond acceptors (Lipinski definition) is 3. The Morgan fingerprint density at radius 3 is 2.08 bits per heavy atom. The second kappa shape index (κ2) is 6.50. The average Bonchev–Trinajstić information content (AvgIpc) is 2.86. The van der Waals surface area contributed by atoms with Gasteiger partial charge in [-0.3, -0.25) is 19.3 Å². The molecule has 0 saturated heterocycles. The van der Waals surface area contributed by atoms with Crippen molar-refractivity contribution >= 4 is 23.8 Å². The minimum atomic E-state index is -0.891. The maximum absolute atomic E-state index is 12.4. The first-order chi connectivity index (χ1) is 11.6. The van der Waals surface area contributed by atoms with Crippen LogP contribution in [0.4, 0.5) is 0 Å². The predicted molar refractivity (Wildman–Crippen MR) is 90.0 cm³/mol. The molecule has 0 saturated carbocycles. The first-order valence-corrected chi connectivity index (χ1v) is 7.58. The van der Waals surface area contributed by atoms with Crippen molar-refractivity contribution in [3.8, 4) is 0 Å². The second-order valence-electron chi connectivity index (χ2n) is 5.45. The fraction of sp³-hybridized carbons (Fsp3) is 0.105. The number of nitrogens with one attached hydrogen (secondary N) is 1. The lowest BCUT2D eigenvalue weighted by Crippen LogP contribution is -2.46. The molecule has 0 aromatic heterocycles. The van der Waals surface area contributed by atoms with Crippen LogP contribution in [0.25, 0.3) is 6.08 Å². The van der Waals surface area contributed by atoms with Crippen LogP contribution >= 0.6 is 0 Å². The van der Waals surface area contributed by atoms with Crippen LogP contribution in [0.5, 0.6) is 0 Å². The van der Waals surface area contributed by atoms with Gasteiger partial charge in [0, 0.05) is 6.20 Å². The molecule has 1 atom stereocenters. The van der Waals surface area contributed by atoms with E-state index in [0.29, 0.717) is 11.1 Å². The molecule has 5 nitrogen and oxygen atoms in total. The van der Waals surface area contributed by atoms with Crippen molar-refractivity contribution in [1.29, 1.82) is 0 Å². The average molecular weight is 320 g/mol. The topological polar surface area (TPSA) is 66.5 Å². The number of fused-ring (bicyclic) bond motifs is 1. The van der Waals surface area contributed by atoms with Crippen molar-refractivity contribution in [3.63, 3.8) is 0 Å². The minimum absolute atomic E-state index is 0.335. The summed E-state index contributed by atoms with van der Waals surface area (Å²) < 4.78 is 0. The summed E-state index contributed by atoms with van der Waals surface area (Å²) in [5.41, 5.74) is 1.61. The third-order valence-corrected chi connectivity index (χ3v) is 3.89. The van der Waals surface area contributed by atoms with Crippen molar-refractivity contribution in [1.82, 2.24) is 10.2 Å². The summed E-state index contributed by atoms with van der Waals surface area (Å²) in [5.74, 6) is -1.30. The van der Waals surface area contributed by atoms with Gasteiger partial charge in [-0.1, -0.05) is 42.5 Å². The summed E-state index contributed by atoms with van der Waals surface area (Å²) in [6.45, 7) is 1.54. The summed E-state index contributed by atoms with van der Waals surface area (Å²) in [5, 5.41) is 2.61. The lowest BCUT2D eigenvalue weighted by molar-refractivity contribution is -0.123. The fourth-order valence-electron chi connectivity index (χ4n) is 2.58. The van der Waals surface area contributed by atoms with Crippen LogP contribution in [0.2, 0.25) is 0 Å². The highest BCUT2D eigenvalue weighted by molar-refractivity contribution is 6.22. The summed E-state index contributed by atoms with van der Waals surface area (Å²) in [7, 11) is 0. The van der Waals surface area contributed by atoms with Crippen molar-refractivity contribution in [2.24, 2.45) is 0 Å². The Bertz CT molecular complexity index is 793. The summed E-state index contributed by atoms with van der Waals surface area (Å²) in [4.78, 5) is 38.0. The molecule has 2 aromatic carbocycles. The highest BCUT2D eigenvalue weighted by Crippen LogP contribution is 2.24. The number of amides is 3. The molecule has 3 rings (SSSR count). The molecule has 3 amide bonds. The van der Waals surface area contributed by atoms with Crippen molar-refractivity contribution < 1.29 is 14.4 Å². The monoisotopic (exact) mass is 320 g/mol. The molecule has 0 bridgehead atoms. The van der Waals surface area contributed by atoms with Gasteiger partial charge in [0.15, 0.2) is 0 Å². The zero-order valence-electron chi connectivity index (χ0n) is 13.1. The number of imide groups is 1. The summed E-state index contributed by atoms with van der Waals surface area (Å²) >= 11 is 0. The van der Waals surface area contributed by atoms with Crippen LogP contribution < -0.4 is 5.32 Å². The Morgan fingerprint density at radius 2 is 1.50 bits per heavy atom. The van der Waals surface area contributed by atoms with E-state index in [2.05, 4.69) is 5.32 Å². The molecule has 0 spiro atoms. The van der Waals surface area contributed by atoms with E-state index in [0.717, 1.165) is 10.5 Å². The first kappa shape index (κ1) is 15.7. The molecule has 0 aliphatic carbocycles. The van der Waals surface area contributed by atoms with Crippen molar-refractivity contribution in [2.45, 2.75) is 13.0 Å². The lowest BCUT2D eigenvalue weighted by atomic mass is 10.1. The third kappa shape index (κ3) is 2.84. The zero-order valence-corrected chi connectivity index (χ0v) is 13.1. The molecule has 2 aromatic rings. The number of benzene rings is 2. The maximum Gasteiger partial charge on any atom is 0.262 e. The zero-order chi connectivity index (χ0) is 17.1. The van der Waals surface area contributed by atoms with Gasteiger partial charge in [-0.25, -0.2) is 0 Å². The van der Waals surface area contributed by atoms with Gasteiger partial charge in [0.1, 0.15) is 6.04 Å². The minimum Gasteiger partial charge on any atom is -0.331 e. The van der Waals surface area contributed by atoms with Crippen LogP contribution in [-0.4, -0.2) is 28.7 Å². The Morgan fingerprint density at radius 1 is 0.958 bits per heavy atom. The van der Waals surface area contributed by atoms with Crippen molar-refractivity contribution in [3.05, 3.63) is 77.5 Å². The molecule has 120 valence electrons. The Balaban J connectivity index is 1.70. The molecule has 1 N–H and O–H groups in total. The Kier molecular flexibility index (Phi) is 4.24. The highest BCUT2D eigenvalue weighted by atomic mass is 16.2. The molecule has 1 unspecified atom stereocenters. The van der Waals surface area contributed by atoms with Gasteiger partial charge in [-0.05, 0) is 30.7 Å². The number of carbonyl (C=O) groups excluding carboxylic acids is 3. The normalized spacial score (nSPS) is 14.8. The van der Waals surface area contributed by atoms with Gasteiger partial charge in [0.25, 0.3) is 11.8 Å². The van der Waals surface area contributed by atoms with Crippen LogP contribution in [0.15, 0.2) is 60.8 Å². The van der Waals surface area contributed by atoms with Gasteiger partial charge in [0.05, 0.1) is 11.1 Å². The summed E-state index contributed by atoms with van der Waals surface area (Å²) in [6, 6.07) is 15.2. The van der Waals surface area contributed by atoms with Gasteiger partial charge in [0.2, 0.25) is 5.91 Å². The van der Waals surface area contributed by atoms with E-state index in [1.165, 1.54) is 13.1 Å². The van der Waals surface area contributed by atoms with Gasteiger partial charge in [-0.15, -0.1) is 0 Å². The highest BCUT2D eigenvalue weighted by Gasteiger charge is 2.40. The third-order valence-electron chi connectivity index (χ3n) is 3.89. The van der Waals surface area contributed by atoms with Gasteiger partial charge < -0.3 is 5.32 Å². The molecule has 5 heteroatoms. The molecule has 1 heterocycles. The molecule has 24 heavy (non-hydrogen) atoms. The van der Waals surface area contributed by atoms with E-state index in [1.807, 2.05) is 30.3 Å².